The van der Waals surface area contributed by atoms with Crippen molar-refractivity contribution in [3.63, 3.8) is 0 Å². The van der Waals surface area contributed by atoms with E-state index in [0.717, 1.165) is 6.42 Å². The number of benzene rings is 3. The molecular weight excluding hydrogens is 400 g/mol. The summed E-state index contributed by atoms with van der Waals surface area (Å²) in [5.74, 6) is 0.0328. The number of para-hydroxylation sites is 1. The zero-order chi connectivity index (χ0) is 21.3. The molecule has 0 aliphatic carbocycles. The van der Waals surface area contributed by atoms with Crippen LogP contribution in [0.2, 0.25) is 5.02 Å². The van der Waals surface area contributed by atoms with Crippen LogP contribution in [0.5, 0.6) is 5.75 Å². The average molecular weight is 423 g/mol. The molecule has 0 saturated carbocycles. The molecule has 3 aromatic rings. The van der Waals surface area contributed by atoms with E-state index in [1.54, 1.807) is 55.5 Å². The van der Waals surface area contributed by atoms with Gasteiger partial charge < -0.3 is 15.4 Å². The summed E-state index contributed by atoms with van der Waals surface area (Å²) in [6.45, 7) is 2.21. The molecule has 1 unspecified atom stereocenters. The molecule has 5 nitrogen and oxygen atoms in total. The minimum absolute atomic E-state index is 0.151. The van der Waals surface area contributed by atoms with Crippen LogP contribution in [-0.4, -0.2) is 24.5 Å². The van der Waals surface area contributed by atoms with Gasteiger partial charge in [-0.15, -0.1) is 0 Å². The monoisotopic (exact) mass is 422 g/mol. The fourth-order valence-corrected chi connectivity index (χ4v) is 2.99. The minimum Gasteiger partial charge on any atom is -0.481 e. The van der Waals surface area contributed by atoms with Gasteiger partial charge in [0.1, 0.15) is 5.75 Å². The van der Waals surface area contributed by atoms with Gasteiger partial charge in [0.05, 0.1) is 10.7 Å². The number of rotatable bonds is 8. The van der Waals surface area contributed by atoms with E-state index >= 15 is 0 Å². The standard InChI is InChI=1S/C24H23ClN2O3/c1-17(23(28)27-22-10-6-5-9-21(22)25)30-20-13-11-19(12-14-20)24(29)26-16-15-18-7-3-2-4-8-18/h2-14,17H,15-16H2,1H3,(H,26,29)(H,27,28). The smallest absolute Gasteiger partial charge is 0.265 e. The lowest BCUT2D eigenvalue weighted by atomic mass is 10.1. The molecule has 0 aliphatic heterocycles. The Labute approximate surface area is 181 Å². The van der Waals surface area contributed by atoms with Gasteiger partial charge in [0.15, 0.2) is 6.10 Å². The van der Waals surface area contributed by atoms with Gasteiger partial charge in [0.25, 0.3) is 11.8 Å². The molecule has 0 aromatic heterocycles. The van der Waals surface area contributed by atoms with Crippen LogP contribution in [-0.2, 0) is 11.2 Å². The van der Waals surface area contributed by atoms with Gasteiger partial charge >= 0.3 is 0 Å². The van der Waals surface area contributed by atoms with Crippen molar-refractivity contribution in [3.05, 3.63) is 95.0 Å². The van der Waals surface area contributed by atoms with Crippen LogP contribution >= 0.6 is 11.6 Å². The molecule has 154 valence electrons. The first-order valence-electron chi connectivity index (χ1n) is 9.67. The lowest BCUT2D eigenvalue weighted by Gasteiger charge is -2.15. The van der Waals surface area contributed by atoms with Crippen LogP contribution < -0.4 is 15.4 Å². The highest BCUT2D eigenvalue weighted by atomic mass is 35.5. The lowest BCUT2D eigenvalue weighted by molar-refractivity contribution is -0.122. The topological polar surface area (TPSA) is 67.4 Å². The van der Waals surface area contributed by atoms with Gasteiger partial charge in [0.2, 0.25) is 0 Å². The quantitative estimate of drug-likeness (QED) is 0.552. The Morgan fingerprint density at radius 1 is 0.933 bits per heavy atom. The summed E-state index contributed by atoms with van der Waals surface area (Å²) in [6, 6.07) is 23.7. The third-order valence-electron chi connectivity index (χ3n) is 4.47. The van der Waals surface area contributed by atoms with Crippen LogP contribution in [0.4, 0.5) is 5.69 Å². The largest absolute Gasteiger partial charge is 0.481 e. The third-order valence-corrected chi connectivity index (χ3v) is 4.80. The molecule has 2 N–H and O–H groups in total. The normalized spacial score (nSPS) is 11.4. The van der Waals surface area contributed by atoms with Crippen molar-refractivity contribution in [1.82, 2.24) is 5.32 Å². The maximum absolute atomic E-state index is 12.3. The van der Waals surface area contributed by atoms with Crippen molar-refractivity contribution in [1.29, 1.82) is 0 Å². The van der Waals surface area contributed by atoms with Gasteiger partial charge in [-0.2, -0.15) is 0 Å². The van der Waals surface area contributed by atoms with E-state index in [1.807, 2.05) is 30.3 Å². The molecule has 3 aromatic carbocycles. The van der Waals surface area contributed by atoms with E-state index in [2.05, 4.69) is 10.6 Å². The third kappa shape index (κ3) is 6.09. The Balaban J connectivity index is 1.49. The Bertz CT molecular complexity index is 991. The van der Waals surface area contributed by atoms with Crippen LogP contribution in [0, 0.1) is 0 Å². The van der Waals surface area contributed by atoms with Crippen LogP contribution in [0.25, 0.3) is 0 Å². The molecule has 0 radical (unpaired) electrons. The highest BCUT2D eigenvalue weighted by Gasteiger charge is 2.16. The number of amides is 2. The van der Waals surface area contributed by atoms with E-state index in [0.29, 0.717) is 28.6 Å². The van der Waals surface area contributed by atoms with Crippen LogP contribution in [0.15, 0.2) is 78.9 Å². The number of carbonyl (C=O) groups is 2. The summed E-state index contributed by atoms with van der Waals surface area (Å²) in [4.78, 5) is 24.6. The van der Waals surface area contributed by atoms with Crippen LogP contribution in [0.3, 0.4) is 0 Å². The van der Waals surface area contributed by atoms with Gasteiger partial charge in [-0.25, -0.2) is 0 Å². The van der Waals surface area contributed by atoms with Crippen molar-refractivity contribution in [2.24, 2.45) is 0 Å². The molecule has 0 spiro atoms. The van der Waals surface area contributed by atoms with Gasteiger partial charge in [-0.1, -0.05) is 54.1 Å². The van der Waals surface area contributed by atoms with E-state index in [9.17, 15) is 9.59 Å². The van der Waals surface area contributed by atoms with Crippen LogP contribution in [0.1, 0.15) is 22.8 Å². The summed E-state index contributed by atoms with van der Waals surface area (Å²) in [5, 5.41) is 6.10. The second kappa shape index (κ2) is 10.5. The molecule has 0 bridgehead atoms. The summed E-state index contributed by atoms with van der Waals surface area (Å²) in [7, 11) is 0. The fraction of sp³-hybridized carbons (Fsp3) is 0.167. The Kier molecular flexibility index (Phi) is 7.46. The van der Waals surface area contributed by atoms with Gasteiger partial charge in [-0.3, -0.25) is 9.59 Å². The molecule has 30 heavy (non-hydrogen) atoms. The molecule has 2 amide bonds. The van der Waals surface area contributed by atoms with Crippen molar-refractivity contribution < 1.29 is 14.3 Å². The molecule has 0 heterocycles. The molecule has 0 saturated heterocycles. The van der Waals surface area contributed by atoms with Crippen molar-refractivity contribution in [3.8, 4) is 5.75 Å². The average Bonchev–Trinajstić information content (AvgIpc) is 2.76. The molecule has 1 atom stereocenters. The lowest BCUT2D eigenvalue weighted by Crippen LogP contribution is -2.30. The SMILES string of the molecule is CC(Oc1ccc(C(=O)NCCc2ccccc2)cc1)C(=O)Nc1ccccc1Cl. The Morgan fingerprint density at radius 3 is 2.30 bits per heavy atom. The van der Waals surface area contributed by atoms with Crippen molar-refractivity contribution in [2.75, 3.05) is 11.9 Å². The summed E-state index contributed by atoms with van der Waals surface area (Å²) < 4.78 is 5.68. The highest BCUT2D eigenvalue weighted by Crippen LogP contribution is 2.21. The minimum atomic E-state index is -0.730. The summed E-state index contributed by atoms with van der Waals surface area (Å²) >= 11 is 6.06. The second-order valence-electron chi connectivity index (χ2n) is 6.75. The number of anilines is 1. The van der Waals surface area contributed by atoms with Crippen molar-refractivity contribution in [2.45, 2.75) is 19.4 Å². The number of hydrogen-bond acceptors (Lipinski definition) is 3. The first kappa shape index (κ1) is 21.4. The second-order valence-corrected chi connectivity index (χ2v) is 7.15. The predicted octanol–water partition coefficient (Wildman–Crippen LogP) is 4.72. The van der Waals surface area contributed by atoms with E-state index in [1.165, 1.54) is 5.56 Å². The number of nitrogens with one attached hydrogen (secondary N) is 2. The van der Waals surface area contributed by atoms with E-state index < -0.39 is 6.10 Å². The molecule has 3 rings (SSSR count). The number of ether oxygens (including phenoxy) is 1. The molecule has 6 heteroatoms. The van der Waals surface area contributed by atoms with Crippen molar-refractivity contribution >= 4 is 29.1 Å². The van der Waals surface area contributed by atoms with Gasteiger partial charge in [0, 0.05) is 12.1 Å². The van der Waals surface area contributed by atoms with E-state index in [-0.39, 0.29) is 11.8 Å². The zero-order valence-corrected chi connectivity index (χ0v) is 17.4. The summed E-state index contributed by atoms with van der Waals surface area (Å²) in [5.41, 5.74) is 2.23. The number of hydrogen-bond donors (Lipinski definition) is 2. The van der Waals surface area contributed by atoms with E-state index in [4.69, 9.17) is 16.3 Å². The maximum atomic E-state index is 12.3. The number of halogens is 1. The molecule has 0 aliphatic rings. The Morgan fingerprint density at radius 2 is 1.60 bits per heavy atom. The molecule has 0 fully saturated rings. The number of carbonyl (C=O) groups excluding carboxylic acids is 2. The van der Waals surface area contributed by atoms with Gasteiger partial charge in [-0.05, 0) is 55.3 Å². The fourth-order valence-electron chi connectivity index (χ4n) is 2.81. The first-order valence-corrected chi connectivity index (χ1v) is 10.0. The molecular formula is C24H23ClN2O3. The Hall–Kier alpha value is -3.31. The first-order chi connectivity index (χ1) is 14.5. The maximum Gasteiger partial charge on any atom is 0.265 e. The highest BCUT2D eigenvalue weighted by molar-refractivity contribution is 6.33. The predicted molar refractivity (Wildman–Crippen MR) is 119 cm³/mol. The summed E-state index contributed by atoms with van der Waals surface area (Å²) in [6.07, 6.45) is 0.0399. The zero-order valence-electron chi connectivity index (χ0n) is 16.6.